The second kappa shape index (κ2) is 11.8. The topological polar surface area (TPSA) is 54.0 Å². The number of benzene rings is 2. The molecule has 1 fully saturated rings. The highest BCUT2D eigenvalue weighted by Gasteiger charge is 2.32. The molecule has 2 aromatic carbocycles. The number of halogens is 7. The van der Waals surface area contributed by atoms with Gasteiger partial charge < -0.3 is 19.9 Å². The van der Waals surface area contributed by atoms with Gasteiger partial charge in [-0.05, 0) is 61.2 Å². The van der Waals surface area contributed by atoms with Crippen molar-refractivity contribution in [3.8, 4) is 17.2 Å². The molecule has 1 aliphatic rings. The van der Waals surface area contributed by atoms with E-state index in [0.29, 0.717) is 14.7 Å². The highest BCUT2D eigenvalue weighted by molar-refractivity contribution is 9.13. The Morgan fingerprint density at radius 1 is 1.06 bits per heavy atom. The number of phenolic OH excluding ortho intramolecular Hbond substituents is 1. The van der Waals surface area contributed by atoms with Gasteiger partial charge in [0, 0.05) is 30.7 Å². The van der Waals surface area contributed by atoms with Crippen LogP contribution in [0.15, 0.2) is 39.3 Å². The monoisotopic (exact) mass is 610 g/mol. The molecule has 2 N–H and O–H groups in total. The average Bonchev–Trinajstić information content (AvgIpc) is 2.69. The molecule has 3 rings (SSSR count). The molecule has 0 bridgehead atoms. The minimum Gasteiger partial charge on any atom is -0.503 e. The number of phenols is 1. The zero-order chi connectivity index (χ0) is 21.2. The van der Waals surface area contributed by atoms with E-state index in [-0.39, 0.29) is 42.4 Å². The minimum atomic E-state index is -4.74. The first-order chi connectivity index (χ1) is 13.7. The van der Waals surface area contributed by atoms with E-state index in [0.717, 1.165) is 37.3 Å². The Bertz CT molecular complexity index is 868. The van der Waals surface area contributed by atoms with E-state index in [2.05, 4.69) is 46.8 Å². The summed E-state index contributed by atoms with van der Waals surface area (Å²) in [5, 5.41) is 13.6. The van der Waals surface area contributed by atoms with Gasteiger partial charge in [-0.2, -0.15) is 0 Å². The second-order valence-electron chi connectivity index (χ2n) is 6.45. The van der Waals surface area contributed by atoms with E-state index < -0.39 is 6.36 Å². The lowest BCUT2D eigenvalue weighted by Crippen LogP contribution is -2.45. The summed E-state index contributed by atoms with van der Waals surface area (Å²) < 4.78 is 47.8. The van der Waals surface area contributed by atoms with Crippen LogP contribution in [0.1, 0.15) is 17.2 Å². The van der Waals surface area contributed by atoms with Crippen LogP contribution in [0, 0.1) is 0 Å². The van der Waals surface area contributed by atoms with Gasteiger partial charge in [0.05, 0.1) is 17.6 Å². The van der Waals surface area contributed by atoms with E-state index in [9.17, 15) is 18.3 Å². The van der Waals surface area contributed by atoms with Gasteiger partial charge in [0.1, 0.15) is 5.75 Å². The molecule has 5 nitrogen and oxygen atoms in total. The zero-order valence-electron chi connectivity index (χ0n) is 16.2. The summed E-state index contributed by atoms with van der Waals surface area (Å²) in [7, 11) is 1.46. The number of rotatable bonds is 5. The van der Waals surface area contributed by atoms with Gasteiger partial charge in [-0.15, -0.1) is 38.0 Å². The van der Waals surface area contributed by atoms with Crippen LogP contribution in [0.3, 0.4) is 0 Å². The Kier molecular flexibility index (Phi) is 10.7. The quantitative estimate of drug-likeness (QED) is 0.456. The van der Waals surface area contributed by atoms with Gasteiger partial charge in [-0.1, -0.05) is 12.1 Å². The van der Waals surface area contributed by atoms with Crippen molar-refractivity contribution in [1.82, 2.24) is 10.2 Å². The molecule has 2 aromatic rings. The first-order valence-electron chi connectivity index (χ1n) is 8.76. The number of ether oxygens (including phenoxy) is 2. The molecule has 0 unspecified atom stereocenters. The SMILES string of the molecule is COc1cc([C@@H](c2ccc(OC(F)(F)F)cc2)N2CCNCC2)c(Br)c(Br)c1O.Cl.Cl. The van der Waals surface area contributed by atoms with Crippen LogP contribution < -0.4 is 14.8 Å². The summed E-state index contributed by atoms with van der Waals surface area (Å²) in [5.41, 5.74) is 1.61. The second-order valence-corrected chi connectivity index (χ2v) is 8.04. The number of methoxy groups -OCH3 is 1. The van der Waals surface area contributed by atoms with Crippen molar-refractivity contribution in [3.63, 3.8) is 0 Å². The first kappa shape index (κ1) is 28.1. The van der Waals surface area contributed by atoms with E-state index >= 15 is 0 Å². The first-order valence-corrected chi connectivity index (χ1v) is 10.3. The van der Waals surface area contributed by atoms with Crippen LogP contribution in [0.25, 0.3) is 0 Å². The number of nitrogens with zero attached hydrogens (tertiary/aromatic N) is 1. The number of alkyl halides is 3. The van der Waals surface area contributed by atoms with E-state index in [1.54, 1.807) is 18.2 Å². The van der Waals surface area contributed by atoms with Crippen LogP contribution in [-0.2, 0) is 0 Å². The number of hydrogen-bond donors (Lipinski definition) is 2. The summed E-state index contributed by atoms with van der Waals surface area (Å²) >= 11 is 6.91. The Balaban J connectivity index is 0.00000240. The van der Waals surface area contributed by atoms with Gasteiger partial charge in [-0.25, -0.2) is 0 Å². The lowest BCUT2D eigenvalue weighted by molar-refractivity contribution is -0.274. The van der Waals surface area contributed by atoms with Crippen molar-refractivity contribution < 1.29 is 27.8 Å². The lowest BCUT2D eigenvalue weighted by Gasteiger charge is -2.36. The number of nitrogens with one attached hydrogen (secondary N) is 1. The predicted octanol–water partition coefficient (Wildman–Crippen LogP) is 5.66. The highest BCUT2D eigenvalue weighted by Crippen LogP contribution is 2.46. The summed E-state index contributed by atoms with van der Waals surface area (Å²) in [5.74, 6) is -0.00723. The summed E-state index contributed by atoms with van der Waals surface area (Å²) in [6.07, 6.45) is -4.74. The molecule has 1 saturated heterocycles. The third-order valence-corrected chi connectivity index (χ3v) is 6.79. The summed E-state index contributed by atoms with van der Waals surface area (Å²) in [4.78, 5) is 2.22. The molecule has 0 amide bonds. The van der Waals surface area contributed by atoms with Gasteiger partial charge >= 0.3 is 6.36 Å². The van der Waals surface area contributed by atoms with Gasteiger partial charge in [-0.3, -0.25) is 4.90 Å². The minimum absolute atomic E-state index is 0. The van der Waals surface area contributed by atoms with Crippen molar-refractivity contribution in [2.75, 3.05) is 33.3 Å². The largest absolute Gasteiger partial charge is 0.573 e. The summed E-state index contributed by atoms with van der Waals surface area (Å²) in [6, 6.07) is 7.31. The Morgan fingerprint density at radius 2 is 1.65 bits per heavy atom. The smallest absolute Gasteiger partial charge is 0.503 e. The Labute approximate surface area is 207 Å². The van der Waals surface area contributed by atoms with Crippen molar-refractivity contribution in [2.45, 2.75) is 12.4 Å². The number of aromatic hydroxyl groups is 1. The standard InChI is InChI=1S/C19H19Br2F3N2O3.2ClH/c1-28-14-10-13(15(20)16(21)18(14)27)17(26-8-6-25-7-9-26)11-2-4-12(5-3-11)29-19(22,23)24;;/h2-5,10,17,25,27H,6-9H2,1H3;2*1H/t17-;;/m1../s1. The van der Waals surface area contributed by atoms with Crippen LogP contribution >= 0.6 is 56.7 Å². The fraction of sp³-hybridized carbons (Fsp3) is 0.368. The highest BCUT2D eigenvalue weighted by atomic mass is 79.9. The molecule has 12 heteroatoms. The molecular formula is C19H21Br2Cl2F3N2O3. The van der Waals surface area contributed by atoms with E-state index in [4.69, 9.17) is 4.74 Å². The van der Waals surface area contributed by atoms with Crippen LogP contribution in [-0.4, -0.2) is 49.7 Å². The molecule has 0 radical (unpaired) electrons. The third-order valence-electron chi connectivity index (χ3n) is 4.63. The molecule has 174 valence electrons. The maximum Gasteiger partial charge on any atom is 0.573 e. The lowest BCUT2D eigenvalue weighted by atomic mass is 9.96. The normalized spacial score (nSPS) is 15.4. The average molecular weight is 613 g/mol. The van der Waals surface area contributed by atoms with Crippen molar-refractivity contribution in [1.29, 1.82) is 0 Å². The molecule has 0 aliphatic carbocycles. The Morgan fingerprint density at radius 3 is 2.16 bits per heavy atom. The van der Waals surface area contributed by atoms with Crippen LogP contribution in [0.2, 0.25) is 0 Å². The molecule has 0 aromatic heterocycles. The summed E-state index contributed by atoms with van der Waals surface area (Å²) in [6.45, 7) is 3.08. The van der Waals surface area contributed by atoms with Gasteiger partial charge in [0.2, 0.25) is 0 Å². The maximum absolute atomic E-state index is 12.5. The number of piperazine rings is 1. The molecule has 0 spiro atoms. The van der Waals surface area contributed by atoms with E-state index in [1.807, 2.05) is 0 Å². The van der Waals surface area contributed by atoms with Crippen LogP contribution in [0.4, 0.5) is 13.2 Å². The molecule has 0 saturated carbocycles. The third kappa shape index (κ3) is 6.79. The molecule has 31 heavy (non-hydrogen) atoms. The van der Waals surface area contributed by atoms with Crippen molar-refractivity contribution >= 4 is 56.7 Å². The van der Waals surface area contributed by atoms with Crippen molar-refractivity contribution in [3.05, 3.63) is 50.4 Å². The van der Waals surface area contributed by atoms with Crippen molar-refractivity contribution in [2.24, 2.45) is 0 Å². The Hall–Kier alpha value is -0.910. The zero-order valence-corrected chi connectivity index (χ0v) is 21.0. The van der Waals surface area contributed by atoms with Gasteiger partial charge in [0.15, 0.2) is 11.5 Å². The molecule has 1 heterocycles. The fourth-order valence-corrected chi connectivity index (χ4v) is 4.29. The predicted molar refractivity (Wildman–Crippen MR) is 124 cm³/mol. The molecule has 1 aliphatic heterocycles. The van der Waals surface area contributed by atoms with Crippen LogP contribution in [0.5, 0.6) is 17.2 Å². The molecular weight excluding hydrogens is 592 g/mol. The maximum atomic E-state index is 12.5. The fourth-order valence-electron chi connectivity index (χ4n) is 3.35. The van der Waals surface area contributed by atoms with Gasteiger partial charge in [0.25, 0.3) is 0 Å². The van der Waals surface area contributed by atoms with E-state index in [1.165, 1.54) is 19.2 Å². The molecule has 1 atom stereocenters. The number of hydrogen-bond acceptors (Lipinski definition) is 5.